The van der Waals surface area contributed by atoms with Gasteiger partial charge in [-0.2, -0.15) is 0 Å². The van der Waals surface area contributed by atoms with Gasteiger partial charge in [-0.15, -0.1) is 0 Å². The van der Waals surface area contributed by atoms with Gasteiger partial charge in [0.1, 0.15) is 0 Å². The van der Waals surface area contributed by atoms with Gasteiger partial charge in [-0.05, 0) is 0 Å². The van der Waals surface area contributed by atoms with Crippen LogP contribution >= 0.6 is 11.8 Å². The molecule has 0 spiro atoms. The second-order valence-corrected chi connectivity index (χ2v) is 7.13. The van der Waals surface area contributed by atoms with Crippen molar-refractivity contribution < 1.29 is 26.2 Å². The Bertz CT molecular complexity index is 533. The van der Waals surface area contributed by atoms with Gasteiger partial charge in [0, 0.05) is 0 Å². The summed E-state index contributed by atoms with van der Waals surface area (Å²) in [5.41, 5.74) is 1.37. The summed E-state index contributed by atoms with van der Waals surface area (Å²) in [5, 5.41) is 0. The molecule has 2 nitrogen and oxygen atoms in total. The standard InChI is InChI=1S/C15H17INOS/c1-18-13-5-3-7-15(11-13)19-14-6-2-4-12(10-14)8-9-16-17/h2-7,10-11H,8-9,17H2,1H3/q-1. The Labute approximate surface area is 129 Å². The minimum atomic E-state index is -0.108. The molecule has 2 aromatic rings. The molecule has 0 heterocycles. The number of nitrogens with two attached hydrogens (primary N) is 1. The van der Waals surface area contributed by atoms with Crippen LogP contribution in [0, 0.1) is 0 Å². The summed E-state index contributed by atoms with van der Waals surface area (Å²) < 4.78 is 12.1. The van der Waals surface area contributed by atoms with Crippen LogP contribution in [0.25, 0.3) is 0 Å². The van der Waals surface area contributed by atoms with E-state index in [1.54, 1.807) is 18.9 Å². The molecule has 0 fully saturated rings. The molecule has 2 rings (SSSR count). The van der Waals surface area contributed by atoms with Crippen LogP contribution in [0.2, 0.25) is 0 Å². The molecule has 0 atom stereocenters. The Balaban J connectivity index is 2.09. The maximum absolute atomic E-state index is 5.66. The average Bonchev–Trinajstić information content (AvgIpc) is 2.46. The molecule has 0 saturated heterocycles. The van der Waals surface area contributed by atoms with Gasteiger partial charge in [0.2, 0.25) is 0 Å². The molecule has 19 heavy (non-hydrogen) atoms. The molecular weight excluding hydrogens is 369 g/mol. The van der Waals surface area contributed by atoms with E-state index >= 15 is 0 Å². The molecule has 4 heteroatoms. The molecule has 0 aliphatic carbocycles. The van der Waals surface area contributed by atoms with E-state index < -0.39 is 0 Å². The Morgan fingerprint density at radius 3 is 2.58 bits per heavy atom. The first-order valence-corrected chi connectivity index (χ1v) is 9.59. The molecule has 0 saturated carbocycles. The Morgan fingerprint density at radius 2 is 1.84 bits per heavy atom. The summed E-state index contributed by atoms with van der Waals surface area (Å²) in [4.78, 5) is 2.46. The predicted molar refractivity (Wildman–Crippen MR) is 76.3 cm³/mol. The fraction of sp³-hybridized carbons (Fsp3) is 0.200. The van der Waals surface area contributed by atoms with Crippen LogP contribution in [0.15, 0.2) is 58.3 Å². The number of benzene rings is 2. The quantitative estimate of drug-likeness (QED) is 0.442. The van der Waals surface area contributed by atoms with E-state index in [1.807, 2.05) is 12.1 Å². The molecule has 0 radical (unpaired) electrons. The van der Waals surface area contributed by atoms with Crippen LogP contribution in [-0.2, 0) is 6.42 Å². The molecule has 2 N–H and O–H groups in total. The fourth-order valence-corrected chi connectivity index (χ4v) is 3.61. The topological polar surface area (TPSA) is 35.2 Å². The Kier molecular flexibility index (Phi) is 6.00. The molecule has 0 aliphatic heterocycles. The summed E-state index contributed by atoms with van der Waals surface area (Å²) in [6.45, 7) is 0. The van der Waals surface area contributed by atoms with E-state index in [1.165, 1.54) is 15.4 Å². The van der Waals surface area contributed by atoms with Crippen LogP contribution in [0.1, 0.15) is 5.56 Å². The van der Waals surface area contributed by atoms with Crippen molar-refractivity contribution in [1.29, 1.82) is 0 Å². The van der Waals surface area contributed by atoms with Gasteiger partial charge < -0.3 is 0 Å². The number of halogens is 1. The van der Waals surface area contributed by atoms with E-state index in [2.05, 4.69) is 36.4 Å². The zero-order chi connectivity index (χ0) is 13.5. The van der Waals surface area contributed by atoms with E-state index in [9.17, 15) is 0 Å². The molecule has 2 aromatic carbocycles. The monoisotopic (exact) mass is 386 g/mol. The number of rotatable bonds is 6. The Hall–Kier alpha value is -0.720. The zero-order valence-corrected chi connectivity index (χ0v) is 13.8. The molecular formula is C15H17INOS-. The van der Waals surface area contributed by atoms with Crippen molar-refractivity contribution in [2.75, 3.05) is 11.5 Å². The number of hydrogen-bond donors (Lipinski definition) is 1. The van der Waals surface area contributed by atoms with E-state index in [0.717, 1.165) is 16.6 Å². The molecule has 0 amide bonds. The van der Waals surface area contributed by atoms with Crippen molar-refractivity contribution in [3.05, 3.63) is 54.1 Å². The first kappa shape index (κ1) is 14.7. The number of alkyl halides is 1. The van der Waals surface area contributed by atoms with Crippen molar-refractivity contribution in [3.8, 4) is 5.75 Å². The first-order chi connectivity index (χ1) is 9.31. The predicted octanol–water partition coefficient (Wildman–Crippen LogP) is 0.352. The summed E-state index contributed by atoms with van der Waals surface area (Å²) >= 11 is 1.65. The number of ether oxygens (including phenoxy) is 1. The number of hydrogen-bond acceptors (Lipinski definition) is 3. The molecule has 0 bridgehead atoms. The van der Waals surface area contributed by atoms with Crippen molar-refractivity contribution in [1.82, 2.24) is 0 Å². The van der Waals surface area contributed by atoms with Crippen LogP contribution in [0.4, 0.5) is 0 Å². The van der Waals surface area contributed by atoms with E-state index in [0.29, 0.717) is 0 Å². The number of methoxy groups -OCH3 is 1. The van der Waals surface area contributed by atoms with Crippen molar-refractivity contribution in [2.45, 2.75) is 16.2 Å². The molecule has 0 aliphatic rings. The van der Waals surface area contributed by atoms with Crippen LogP contribution in [0.5, 0.6) is 5.75 Å². The van der Waals surface area contributed by atoms with Gasteiger partial charge in [-0.25, -0.2) is 0 Å². The second kappa shape index (κ2) is 7.77. The van der Waals surface area contributed by atoms with Crippen molar-refractivity contribution >= 4 is 11.8 Å². The second-order valence-electron chi connectivity index (χ2n) is 4.02. The number of aryl methyl sites for hydroxylation is 1. The van der Waals surface area contributed by atoms with E-state index in [4.69, 9.17) is 8.68 Å². The van der Waals surface area contributed by atoms with Gasteiger partial charge in [-0.1, -0.05) is 0 Å². The Morgan fingerprint density at radius 1 is 1.11 bits per heavy atom. The third-order valence-corrected chi connectivity index (χ3v) is 4.81. The van der Waals surface area contributed by atoms with Gasteiger partial charge in [-0.3, -0.25) is 0 Å². The van der Waals surface area contributed by atoms with Gasteiger partial charge in [0.05, 0.1) is 0 Å². The summed E-state index contributed by atoms with van der Waals surface area (Å²) in [7, 11) is 1.69. The first-order valence-electron chi connectivity index (χ1n) is 6.00. The molecule has 0 aromatic heterocycles. The maximum atomic E-state index is 5.66. The van der Waals surface area contributed by atoms with Crippen molar-refractivity contribution in [2.24, 2.45) is 3.95 Å². The summed E-state index contributed by atoms with van der Waals surface area (Å²) in [6.07, 6.45) is 1.09. The van der Waals surface area contributed by atoms with Crippen LogP contribution < -0.4 is 30.2 Å². The third kappa shape index (κ3) is 4.71. The summed E-state index contributed by atoms with van der Waals surface area (Å²) in [5.74, 6) is 0.897. The average molecular weight is 386 g/mol. The fourth-order valence-electron chi connectivity index (χ4n) is 1.73. The van der Waals surface area contributed by atoms with Gasteiger partial charge in [0.25, 0.3) is 0 Å². The van der Waals surface area contributed by atoms with Gasteiger partial charge >= 0.3 is 130 Å². The van der Waals surface area contributed by atoms with Gasteiger partial charge in [0.15, 0.2) is 0 Å². The third-order valence-electron chi connectivity index (χ3n) is 2.67. The van der Waals surface area contributed by atoms with E-state index in [-0.39, 0.29) is 21.5 Å². The molecule has 102 valence electrons. The summed E-state index contributed by atoms with van der Waals surface area (Å²) in [6, 6.07) is 16.8. The zero-order valence-electron chi connectivity index (χ0n) is 10.8. The minimum absolute atomic E-state index is 0.108. The SMILES string of the molecule is COc1cccc(Sc2cccc(CC[I-]N)c2)c1. The normalized spacial score (nSPS) is 10.6. The van der Waals surface area contributed by atoms with Crippen molar-refractivity contribution in [3.63, 3.8) is 0 Å². The van der Waals surface area contributed by atoms with Crippen LogP contribution in [-0.4, -0.2) is 11.5 Å². The van der Waals surface area contributed by atoms with Crippen LogP contribution in [0.3, 0.4) is 0 Å². The molecule has 0 unspecified atom stereocenters.